The normalized spacial score (nSPS) is 11.8. The Kier molecular flexibility index (Phi) is 5.76. The van der Waals surface area contributed by atoms with Crippen LogP contribution in [0.15, 0.2) is 41.3 Å². The van der Waals surface area contributed by atoms with E-state index in [1.807, 2.05) is 0 Å². The van der Waals surface area contributed by atoms with Crippen LogP contribution in [-0.4, -0.2) is 13.9 Å². The number of nitriles is 1. The van der Waals surface area contributed by atoms with Gasteiger partial charge in [0.25, 0.3) is 9.84 Å². The molecule has 0 aliphatic rings. The third kappa shape index (κ3) is 3.97. The molecule has 0 aromatic heterocycles. The summed E-state index contributed by atoms with van der Waals surface area (Å²) < 4.78 is 81.4. The molecule has 0 saturated heterocycles. The van der Waals surface area contributed by atoms with Crippen LogP contribution in [0.1, 0.15) is 18.1 Å². The number of halogens is 4. The summed E-state index contributed by atoms with van der Waals surface area (Å²) in [6.45, 7) is 8.33. The van der Waals surface area contributed by atoms with E-state index in [1.165, 1.54) is 13.0 Å². The second kappa shape index (κ2) is 7.71. The van der Waals surface area contributed by atoms with E-state index in [2.05, 4.69) is 4.85 Å². The fourth-order valence-electron chi connectivity index (χ4n) is 2.27. The van der Waals surface area contributed by atoms with Crippen molar-refractivity contribution in [3.63, 3.8) is 0 Å². The van der Waals surface area contributed by atoms with Crippen LogP contribution in [0.4, 0.5) is 23.2 Å². The first-order chi connectivity index (χ1) is 13.0. The van der Waals surface area contributed by atoms with Crippen molar-refractivity contribution in [1.29, 1.82) is 5.26 Å². The zero-order chi connectivity index (χ0) is 21.1. The molecule has 2 aromatic carbocycles. The van der Waals surface area contributed by atoms with E-state index in [4.69, 9.17) is 11.3 Å². The van der Waals surface area contributed by atoms with Crippen molar-refractivity contribution in [2.45, 2.75) is 17.3 Å². The first-order valence-corrected chi connectivity index (χ1v) is 8.90. The Hall–Kier alpha value is -3.37. The fourth-order valence-corrected chi connectivity index (χ4v) is 3.23. The standard InChI is InChI=1S/C18H10F4N2O3S/c1-3-4-14-15(10-23)16(5-6-17(14)28(25,26)18(20,21)22)27-13-8-11(19)7-12(9-13)24-2/h3-9H,1H3/b4-3+. The van der Waals surface area contributed by atoms with Crippen molar-refractivity contribution in [1.82, 2.24) is 0 Å². The minimum atomic E-state index is -5.73. The summed E-state index contributed by atoms with van der Waals surface area (Å²) in [6, 6.07) is 6.15. The average Bonchev–Trinajstić information content (AvgIpc) is 2.60. The van der Waals surface area contributed by atoms with E-state index in [1.54, 1.807) is 6.07 Å². The van der Waals surface area contributed by atoms with Gasteiger partial charge < -0.3 is 4.74 Å². The van der Waals surface area contributed by atoms with E-state index in [0.717, 1.165) is 30.3 Å². The number of hydrogen-bond donors (Lipinski definition) is 0. The second-order valence-electron chi connectivity index (χ2n) is 5.27. The molecule has 0 bridgehead atoms. The van der Waals surface area contributed by atoms with E-state index >= 15 is 0 Å². The summed E-state index contributed by atoms with van der Waals surface area (Å²) in [5.41, 5.74) is -6.66. The molecule has 0 spiro atoms. The van der Waals surface area contributed by atoms with Gasteiger partial charge in [0.15, 0.2) is 5.69 Å². The number of sulfone groups is 1. The summed E-state index contributed by atoms with van der Waals surface area (Å²) in [7, 11) is -5.73. The number of allylic oxidation sites excluding steroid dienone is 1. The minimum Gasteiger partial charge on any atom is -0.457 e. The van der Waals surface area contributed by atoms with Crippen LogP contribution >= 0.6 is 0 Å². The topological polar surface area (TPSA) is 71.5 Å². The van der Waals surface area contributed by atoms with E-state index in [0.29, 0.717) is 6.07 Å². The third-order valence-electron chi connectivity index (χ3n) is 3.42. The molecule has 0 aliphatic heterocycles. The van der Waals surface area contributed by atoms with Crippen LogP contribution in [0.5, 0.6) is 11.5 Å². The smallest absolute Gasteiger partial charge is 0.457 e. The molecule has 0 fully saturated rings. The Labute approximate surface area is 157 Å². The number of nitrogens with zero attached hydrogens (tertiary/aromatic N) is 2. The minimum absolute atomic E-state index is 0.0987. The van der Waals surface area contributed by atoms with Crippen molar-refractivity contribution >= 4 is 21.6 Å². The molecule has 0 heterocycles. The summed E-state index contributed by atoms with van der Waals surface area (Å²) in [5.74, 6) is -1.27. The number of benzene rings is 2. The summed E-state index contributed by atoms with van der Waals surface area (Å²) >= 11 is 0. The van der Waals surface area contributed by atoms with Crippen LogP contribution in [0.2, 0.25) is 0 Å². The zero-order valence-electron chi connectivity index (χ0n) is 14.1. The van der Waals surface area contributed by atoms with Gasteiger partial charge in [-0.25, -0.2) is 17.7 Å². The van der Waals surface area contributed by atoms with Gasteiger partial charge in [-0.1, -0.05) is 12.2 Å². The molecule has 0 aliphatic carbocycles. The summed E-state index contributed by atoms with van der Waals surface area (Å²) in [6.07, 6.45) is 2.29. The van der Waals surface area contributed by atoms with E-state index in [9.17, 15) is 31.2 Å². The molecule has 0 radical (unpaired) electrons. The average molecular weight is 410 g/mol. The lowest BCUT2D eigenvalue weighted by Gasteiger charge is -2.15. The molecule has 0 saturated carbocycles. The molecule has 2 aromatic rings. The van der Waals surface area contributed by atoms with Gasteiger partial charge in [0.2, 0.25) is 0 Å². The Morgan fingerprint density at radius 2 is 1.93 bits per heavy atom. The second-order valence-corrected chi connectivity index (χ2v) is 7.18. The molecule has 5 nitrogen and oxygen atoms in total. The highest BCUT2D eigenvalue weighted by Gasteiger charge is 2.48. The lowest BCUT2D eigenvalue weighted by atomic mass is 10.1. The quantitative estimate of drug-likeness (QED) is 0.502. The molecule has 144 valence electrons. The van der Waals surface area contributed by atoms with Crippen LogP contribution in [0, 0.1) is 23.7 Å². The monoisotopic (exact) mass is 410 g/mol. The molecule has 10 heteroatoms. The van der Waals surface area contributed by atoms with Crippen molar-refractivity contribution in [2.24, 2.45) is 0 Å². The third-order valence-corrected chi connectivity index (χ3v) is 4.96. The Morgan fingerprint density at radius 1 is 1.25 bits per heavy atom. The lowest BCUT2D eigenvalue weighted by molar-refractivity contribution is -0.0436. The number of alkyl halides is 3. The Bertz CT molecular complexity index is 1140. The molecule has 28 heavy (non-hydrogen) atoms. The van der Waals surface area contributed by atoms with Crippen LogP contribution in [0.3, 0.4) is 0 Å². The van der Waals surface area contributed by atoms with Gasteiger partial charge in [-0.15, -0.1) is 0 Å². The predicted octanol–water partition coefficient (Wildman–Crippen LogP) is 5.37. The molecule has 0 atom stereocenters. The van der Waals surface area contributed by atoms with Gasteiger partial charge >= 0.3 is 5.51 Å². The van der Waals surface area contributed by atoms with Crippen molar-refractivity contribution < 1.29 is 30.7 Å². The Balaban J connectivity index is 2.70. The first kappa shape index (κ1) is 20.9. The highest BCUT2D eigenvalue weighted by atomic mass is 32.2. The lowest BCUT2D eigenvalue weighted by Crippen LogP contribution is -2.24. The number of rotatable bonds is 4. The predicted molar refractivity (Wildman–Crippen MR) is 91.8 cm³/mol. The van der Waals surface area contributed by atoms with Crippen molar-refractivity contribution in [3.8, 4) is 17.6 Å². The van der Waals surface area contributed by atoms with Gasteiger partial charge in [-0.2, -0.15) is 18.4 Å². The first-order valence-electron chi connectivity index (χ1n) is 7.42. The maximum atomic E-state index is 13.5. The molecule has 0 amide bonds. The van der Waals surface area contributed by atoms with E-state index < -0.39 is 37.2 Å². The molecular formula is C18H10F4N2O3S. The van der Waals surface area contributed by atoms with Gasteiger partial charge in [0, 0.05) is 11.6 Å². The van der Waals surface area contributed by atoms with Crippen molar-refractivity contribution in [2.75, 3.05) is 0 Å². The van der Waals surface area contributed by atoms with Gasteiger partial charge in [0.05, 0.1) is 11.5 Å². The van der Waals surface area contributed by atoms with Gasteiger partial charge in [-0.05, 0) is 31.2 Å². The van der Waals surface area contributed by atoms with Gasteiger partial charge in [0.1, 0.15) is 28.9 Å². The largest absolute Gasteiger partial charge is 0.501 e. The summed E-state index contributed by atoms with van der Waals surface area (Å²) in [5, 5.41) is 9.39. The SMILES string of the molecule is [C-]#[N+]c1cc(F)cc(Oc2ccc(S(=O)(=O)C(F)(F)F)c(/C=C/C)c2C#N)c1. The summed E-state index contributed by atoms with van der Waals surface area (Å²) in [4.78, 5) is 1.94. The zero-order valence-corrected chi connectivity index (χ0v) is 14.9. The van der Waals surface area contributed by atoms with Crippen LogP contribution in [-0.2, 0) is 9.84 Å². The van der Waals surface area contributed by atoms with E-state index in [-0.39, 0.29) is 17.2 Å². The molecule has 0 N–H and O–H groups in total. The highest BCUT2D eigenvalue weighted by Crippen LogP contribution is 2.38. The Morgan fingerprint density at radius 3 is 2.46 bits per heavy atom. The molecule has 0 unspecified atom stereocenters. The number of ether oxygens (including phenoxy) is 1. The highest BCUT2D eigenvalue weighted by molar-refractivity contribution is 7.92. The molecular weight excluding hydrogens is 400 g/mol. The van der Waals surface area contributed by atoms with Gasteiger partial charge in [-0.3, -0.25) is 0 Å². The maximum Gasteiger partial charge on any atom is 0.501 e. The van der Waals surface area contributed by atoms with Crippen LogP contribution < -0.4 is 4.74 Å². The molecule has 2 rings (SSSR count). The fraction of sp³-hybridized carbons (Fsp3) is 0.111. The number of hydrogen-bond acceptors (Lipinski definition) is 4. The van der Waals surface area contributed by atoms with Crippen molar-refractivity contribution in [3.05, 3.63) is 64.8 Å². The van der Waals surface area contributed by atoms with Crippen LogP contribution in [0.25, 0.3) is 10.9 Å². The maximum absolute atomic E-state index is 13.5.